The summed E-state index contributed by atoms with van der Waals surface area (Å²) in [6.07, 6.45) is 2.06. The molecule has 0 radical (unpaired) electrons. The van der Waals surface area contributed by atoms with Gasteiger partial charge in [0, 0.05) is 18.7 Å². The third-order valence-corrected chi connectivity index (χ3v) is 3.16. The Hall–Kier alpha value is -1.20. The highest BCUT2D eigenvalue weighted by Gasteiger charge is 2.31. The predicted molar refractivity (Wildman–Crippen MR) is 71.0 cm³/mol. The van der Waals surface area contributed by atoms with Gasteiger partial charge in [-0.1, -0.05) is 6.07 Å². The van der Waals surface area contributed by atoms with Crippen LogP contribution in [0.25, 0.3) is 0 Å². The zero-order valence-corrected chi connectivity index (χ0v) is 11.2. The summed E-state index contributed by atoms with van der Waals surface area (Å²) < 4.78 is 26.1. The molecule has 1 aromatic rings. The molecule has 1 unspecified atom stereocenters. The van der Waals surface area contributed by atoms with Gasteiger partial charge in [0.05, 0.1) is 6.42 Å². The van der Waals surface area contributed by atoms with Crippen molar-refractivity contribution in [3.8, 4) is 0 Å². The Morgan fingerprint density at radius 3 is 2.63 bits per heavy atom. The fraction of sp³-hybridized carbons (Fsp3) is 0.462. The molecule has 0 saturated heterocycles. The number of hydrogen-bond donors (Lipinski definition) is 2. The molecule has 1 aliphatic carbocycles. The first-order valence-electron chi connectivity index (χ1n) is 6.03. The quantitative estimate of drug-likeness (QED) is 0.868. The van der Waals surface area contributed by atoms with Gasteiger partial charge in [-0.25, -0.2) is 8.78 Å². The van der Waals surface area contributed by atoms with Gasteiger partial charge in [0.2, 0.25) is 5.91 Å². The molecule has 0 aromatic heterocycles. The molecule has 19 heavy (non-hydrogen) atoms. The van der Waals surface area contributed by atoms with Crippen LogP contribution in [-0.2, 0) is 11.2 Å². The molecule has 0 aliphatic heterocycles. The van der Waals surface area contributed by atoms with E-state index in [9.17, 15) is 13.6 Å². The molecule has 1 fully saturated rings. The number of nitrogens with two attached hydrogens (primary N) is 1. The molecule has 6 heteroatoms. The summed E-state index contributed by atoms with van der Waals surface area (Å²) in [4.78, 5) is 11.7. The predicted octanol–water partition coefficient (Wildman–Crippen LogP) is 1.78. The van der Waals surface area contributed by atoms with Crippen molar-refractivity contribution in [2.75, 3.05) is 6.54 Å². The molecule has 1 aliphatic rings. The van der Waals surface area contributed by atoms with Crippen LogP contribution in [-0.4, -0.2) is 18.5 Å². The zero-order chi connectivity index (χ0) is 13.1. The third kappa shape index (κ3) is 4.44. The first kappa shape index (κ1) is 15.9. The van der Waals surface area contributed by atoms with Crippen molar-refractivity contribution in [2.24, 2.45) is 11.7 Å². The summed E-state index contributed by atoms with van der Waals surface area (Å²) in [6.45, 7) is 0.391. The first-order chi connectivity index (χ1) is 8.60. The Morgan fingerprint density at radius 2 is 2.11 bits per heavy atom. The van der Waals surface area contributed by atoms with Crippen LogP contribution < -0.4 is 11.1 Å². The molecule has 1 atom stereocenters. The van der Waals surface area contributed by atoms with Gasteiger partial charge in [-0.15, -0.1) is 12.4 Å². The highest BCUT2D eigenvalue weighted by atomic mass is 35.5. The molecule has 1 amide bonds. The maximum absolute atomic E-state index is 13.4. The van der Waals surface area contributed by atoms with Gasteiger partial charge in [-0.3, -0.25) is 4.79 Å². The van der Waals surface area contributed by atoms with Crippen LogP contribution in [0.5, 0.6) is 0 Å². The van der Waals surface area contributed by atoms with Gasteiger partial charge in [-0.05, 0) is 30.4 Å². The summed E-state index contributed by atoms with van der Waals surface area (Å²) in [5, 5.41) is 2.79. The minimum absolute atomic E-state index is 0. The number of carbonyl (C=O) groups is 1. The Balaban J connectivity index is 0.00000180. The average Bonchev–Trinajstić information content (AvgIpc) is 3.14. The van der Waals surface area contributed by atoms with Crippen LogP contribution in [0, 0.1) is 17.6 Å². The van der Waals surface area contributed by atoms with E-state index in [1.54, 1.807) is 0 Å². The van der Waals surface area contributed by atoms with Crippen LogP contribution in [0.4, 0.5) is 8.78 Å². The lowest BCUT2D eigenvalue weighted by Crippen LogP contribution is -2.42. The van der Waals surface area contributed by atoms with Crippen molar-refractivity contribution in [1.29, 1.82) is 0 Å². The smallest absolute Gasteiger partial charge is 0.224 e. The Bertz CT molecular complexity index is 452. The largest absolute Gasteiger partial charge is 0.352 e. The van der Waals surface area contributed by atoms with Crippen molar-refractivity contribution < 1.29 is 13.6 Å². The van der Waals surface area contributed by atoms with E-state index in [0.717, 1.165) is 25.0 Å². The Labute approximate surface area is 117 Å². The lowest BCUT2D eigenvalue weighted by molar-refractivity contribution is -0.121. The maximum atomic E-state index is 13.4. The summed E-state index contributed by atoms with van der Waals surface area (Å²) >= 11 is 0. The van der Waals surface area contributed by atoms with Gasteiger partial charge in [0.25, 0.3) is 0 Å². The SMILES string of the molecule is Cl.NCC(NC(=O)Cc1ccc(F)cc1F)C1CC1. The fourth-order valence-electron chi connectivity index (χ4n) is 1.96. The second-order valence-corrected chi connectivity index (χ2v) is 4.66. The minimum Gasteiger partial charge on any atom is -0.352 e. The van der Waals surface area contributed by atoms with Gasteiger partial charge in [0.1, 0.15) is 11.6 Å². The number of halogens is 3. The van der Waals surface area contributed by atoms with Crippen LogP contribution in [0.2, 0.25) is 0 Å². The molecule has 1 saturated carbocycles. The molecule has 0 heterocycles. The minimum atomic E-state index is -0.694. The normalized spacial score (nSPS) is 15.5. The van der Waals surface area contributed by atoms with E-state index in [0.29, 0.717) is 12.5 Å². The number of hydrogen-bond acceptors (Lipinski definition) is 2. The molecule has 106 valence electrons. The molecular weight excluding hydrogens is 274 g/mol. The van der Waals surface area contributed by atoms with Crippen molar-refractivity contribution in [1.82, 2.24) is 5.32 Å². The van der Waals surface area contributed by atoms with Gasteiger partial charge >= 0.3 is 0 Å². The molecule has 0 spiro atoms. The van der Waals surface area contributed by atoms with Crippen molar-refractivity contribution in [2.45, 2.75) is 25.3 Å². The van der Waals surface area contributed by atoms with Crippen LogP contribution in [0.15, 0.2) is 18.2 Å². The number of rotatable bonds is 5. The van der Waals surface area contributed by atoms with Crippen LogP contribution in [0.3, 0.4) is 0 Å². The summed E-state index contributed by atoms with van der Waals surface area (Å²) in [5.41, 5.74) is 5.76. The lowest BCUT2D eigenvalue weighted by Gasteiger charge is -2.16. The average molecular weight is 291 g/mol. The van der Waals surface area contributed by atoms with E-state index in [1.807, 2.05) is 0 Å². The molecule has 0 bridgehead atoms. The molecule has 3 N–H and O–H groups in total. The number of nitrogens with one attached hydrogen (secondary N) is 1. The molecule has 1 aromatic carbocycles. The highest BCUT2D eigenvalue weighted by molar-refractivity contribution is 5.85. The van der Waals surface area contributed by atoms with E-state index >= 15 is 0 Å². The van der Waals surface area contributed by atoms with Gasteiger partial charge in [0.15, 0.2) is 0 Å². The van der Waals surface area contributed by atoms with Gasteiger partial charge < -0.3 is 11.1 Å². The molecule has 2 rings (SSSR count). The standard InChI is InChI=1S/C13H16F2N2O.ClH/c14-10-4-3-9(11(15)6-10)5-13(18)17-12(7-16)8-1-2-8;/h3-4,6,8,12H,1-2,5,7,16H2,(H,17,18);1H. The monoisotopic (exact) mass is 290 g/mol. The Morgan fingerprint density at radius 1 is 1.42 bits per heavy atom. The molecule has 3 nitrogen and oxygen atoms in total. The van der Waals surface area contributed by atoms with E-state index in [4.69, 9.17) is 5.73 Å². The number of amides is 1. The van der Waals surface area contributed by atoms with Crippen molar-refractivity contribution in [3.05, 3.63) is 35.4 Å². The second kappa shape index (κ2) is 6.82. The number of benzene rings is 1. The summed E-state index contributed by atoms with van der Waals surface area (Å²) in [7, 11) is 0. The number of carbonyl (C=O) groups excluding carboxylic acids is 1. The van der Waals surface area contributed by atoms with Crippen molar-refractivity contribution in [3.63, 3.8) is 0 Å². The van der Waals surface area contributed by atoms with Gasteiger partial charge in [-0.2, -0.15) is 0 Å². The Kier molecular flexibility index (Phi) is 5.69. The van der Waals surface area contributed by atoms with Crippen LogP contribution >= 0.6 is 12.4 Å². The van der Waals surface area contributed by atoms with E-state index < -0.39 is 11.6 Å². The first-order valence-corrected chi connectivity index (χ1v) is 6.03. The topological polar surface area (TPSA) is 55.1 Å². The lowest BCUT2D eigenvalue weighted by atomic mass is 10.1. The molecular formula is C13H17ClF2N2O. The van der Waals surface area contributed by atoms with E-state index in [2.05, 4.69) is 5.32 Å². The third-order valence-electron chi connectivity index (χ3n) is 3.16. The highest BCUT2D eigenvalue weighted by Crippen LogP contribution is 2.32. The second-order valence-electron chi connectivity index (χ2n) is 4.66. The maximum Gasteiger partial charge on any atom is 0.224 e. The van der Waals surface area contributed by atoms with E-state index in [1.165, 1.54) is 6.07 Å². The fourth-order valence-corrected chi connectivity index (χ4v) is 1.96. The van der Waals surface area contributed by atoms with Crippen LogP contribution in [0.1, 0.15) is 18.4 Å². The summed E-state index contributed by atoms with van der Waals surface area (Å²) in [5.74, 6) is -1.16. The zero-order valence-electron chi connectivity index (χ0n) is 10.4. The summed E-state index contributed by atoms with van der Waals surface area (Å²) in [6, 6.07) is 3.19. The van der Waals surface area contributed by atoms with Crippen molar-refractivity contribution >= 4 is 18.3 Å². The van der Waals surface area contributed by atoms with E-state index in [-0.39, 0.29) is 36.3 Å².